The van der Waals surface area contributed by atoms with Crippen molar-refractivity contribution in [2.24, 2.45) is 5.84 Å². The van der Waals surface area contributed by atoms with Crippen LogP contribution >= 0.6 is 0 Å². The lowest BCUT2D eigenvalue weighted by Gasteiger charge is -2.26. The van der Waals surface area contributed by atoms with Gasteiger partial charge < -0.3 is 5.32 Å². The van der Waals surface area contributed by atoms with Crippen molar-refractivity contribution >= 4 is 11.8 Å². The van der Waals surface area contributed by atoms with Crippen LogP contribution in [-0.4, -0.2) is 42.9 Å². The number of hydrazine groups is 1. The highest BCUT2D eigenvalue weighted by Crippen LogP contribution is 2.05. The molecular formula is C10H22N4O2. The number of nitrogens with one attached hydrogen (secondary N) is 2. The first-order chi connectivity index (χ1) is 7.54. The molecule has 0 bridgehead atoms. The van der Waals surface area contributed by atoms with Crippen molar-refractivity contribution in [2.45, 2.75) is 32.7 Å². The number of hydrogen-bond donors (Lipinski definition) is 3. The molecule has 0 aliphatic carbocycles. The number of carbonyl (C=O) groups is 2. The molecular weight excluding hydrogens is 208 g/mol. The molecule has 2 amide bonds. The highest BCUT2D eigenvalue weighted by Gasteiger charge is 2.15. The van der Waals surface area contributed by atoms with E-state index in [0.29, 0.717) is 19.4 Å². The number of hydrogen-bond acceptors (Lipinski definition) is 4. The van der Waals surface area contributed by atoms with Crippen LogP contribution in [0.4, 0.5) is 0 Å². The average molecular weight is 230 g/mol. The Labute approximate surface area is 96.5 Å². The number of likely N-dealkylation sites (N-methyl/N-ethyl adjacent to an activating group) is 2. The van der Waals surface area contributed by atoms with E-state index in [1.807, 2.05) is 18.7 Å². The van der Waals surface area contributed by atoms with E-state index in [0.717, 1.165) is 6.54 Å². The second-order valence-corrected chi connectivity index (χ2v) is 3.69. The fraction of sp³-hybridized carbons (Fsp3) is 0.800. The van der Waals surface area contributed by atoms with Gasteiger partial charge in [0.25, 0.3) is 0 Å². The van der Waals surface area contributed by atoms with Crippen molar-refractivity contribution in [1.82, 2.24) is 15.6 Å². The molecule has 0 heterocycles. The lowest BCUT2D eigenvalue weighted by atomic mass is 10.1. The molecule has 1 unspecified atom stereocenters. The van der Waals surface area contributed by atoms with Crippen LogP contribution in [0.15, 0.2) is 0 Å². The Balaban J connectivity index is 4.04. The second kappa shape index (κ2) is 8.06. The zero-order valence-electron chi connectivity index (χ0n) is 10.2. The first-order valence-corrected chi connectivity index (χ1v) is 5.49. The number of amides is 2. The third-order valence-electron chi connectivity index (χ3n) is 2.61. The van der Waals surface area contributed by atoms with Gasteiger partial charge in [0, 0.05) is 19.5 Å². The molecule has 4 N–H and O–H groups in total. The molecule has 0 rings (SSSR count). The van der Waals surface area contributed by atoms with Gasteiger partial charge >= 0.3 is 0 Å². The molecule has 6 heteroatoms. The van der Waals surface area contributed by atoms with Gasteiger partial charge in [-0.25, -0.2) is 5.84 Å². The number of carbonyl (C=O) groups excluding carboxylic acids is 2. The molecule has 0 aromatic heterocycles. The van der Waals surface area contributed by atoms with Gasteiger partial charge in [0.05, 0.1) is 6.54 Å². The summed E-state index contributed by atoms with van der Waals surface area (Å²) in [5.41, 5.74) is 2.09. The van der Waals surface area contributed by atoms with Crippen LogP contribution in [0.5, 0.6) is 0 Å². The standard InChI is InChI=1S/C10H22N4O2/c1-4-14(7-10(16)12-3)8(2)5-6-9(15)13-11/h8H,4-7,11H2,1-3H3,(H,12,16)(H,13,15). The number of nitrogens with zero attached hydrogens (tertiary/aromatic N) is 1. The number of nitrogens with two attached hydrogens (primary N) is 1. The van der Waals surface area contributed by atoms with Crippen LogP contribution in [0.25, 0.3) is 0 Å². The smallest absolute Gasteiger partial charge is 0.233 e. The quantitative estimate of drug-likeness (QED) is 0.304. The Kier molecular flexibility index (Phi) is 7.49. The molecule has 6 nitrogen and oxygen atoms in total. The Morgan fingerprint density at radius 3 is 2.44 bits per heavy atom. The van der Waals surface area contributed by atoms with E-state index in [9.17, 15) is 9.59 Å². The summed E-state index contributed by atoms with van der Waals surface area (Å²) in [7, 11) is 1.61. The molecule has 0 fully saturated rings. The van der Waals surface area contributed by atoms with Gasteiger partial charge in [-0.15, -0.1) is 0 Å². The van der Waals surface area contributed by atoms with E-state index in [2.05, 4.69) is 10.7 Å². The van der Waals surface area contributed by atoms with E-state index in [1.165, 1.54) is 0 Å². The van der Waals surface area contributed by atoms with Crippen LogP contribution in [0.3, 0.4) is 0 Å². The largest absolute Gasteiger partial charge is 0.358 e. The van der Waals surface area contributed by atoms with E-state index < -0.39 is 0 Å². The molecule has 0 saturated carbocycles. The molecule has 16 heavy (non-hydrogen) atoms. The first-order valence-electron chi connectivity index (χ1n) is 5.49. The van der Waals surface area contributed by atoms with Gasteiger partial charge in [0.2, 0.25) is 11.8 Å². The Bertz CT molecular complexity index is 233. The maximum absolute atomic E-state index is 11.2. The Morgan fingerprint density at radius 2 is 2.00 bits per heavy atom. The maximum atomic E-state index is 11.2. The third kappa shape index (κ3) is 5.67. The van der Waals surface area contributed by atoms with E-state index in [-0.39, 0.29) is 17.9 Å². The molecule has 0 aromatic carbocycles. The van der Waals surface area contributed by atoms with Gasteiger partial charge in [-0.3, -0.25) is 19.9 Å². The van der Waals surface area contributed by atoms with E-state index >= 15 is 0 Å². The van der Waals surface area contributed by atoms with Crippen LogP contribution in [0.2, 0.25) is 0 Å². The lowest BCUT2D eigenvalue weighted by molar-refractivity contribution is -0.122. The molecule has 0 radical (unpaired) electrons. The average Bonchev–Trinajstić information content (AvgIpc) is 2.31. The zero-order chi connectivity index (χ0) is 12.6. The summed E-state index contributed by atoms with van der Waals surface area (Å²) in [5.74, 6) is 4.80. The van der Waals surface area contributed by atoms with Crippen molar-refractivity contribution in [3.05, 3.63) is 0 Å². The van der Waals surface area contributed by atoms with Gasteiger partial charge in [-0.05, 0) is 19.9 Å². The third-order valence-corrected chi connectivity index (χ3v) is 2.61. The maximum Gasteiger partial charge on any atom is 0.233 e. The van der Waals surface area contributed by atoms with E-state index in [1.54, 1.807) is 7.05 Å². The van der Waals surface area contributed by atoms with Crippen molar-refractivity contribution in [3.8, 4) is 0 Å². The van der Waals surface area contributed by atoms with Crippen LogP contribution in [-0.2, 0) is 9.59 Å². The zero-order valence-corrected chi connectivity index (χ0v) is 10.2. The SMILES string of the molecule is CCN(CC(=O)NC)C(C)CCC(=O)NN. The van der Waals surface area contributed by atoms with Crippen molar-refractivity contribution < 1.29 is 9.59 Å². The predicted molar refractivity (Wildman–Crippen MR) is 62.3 cm³/mol. The number of rotatable bonds is 7. The fourth-order valence-electron chi connectivity index (χ4n) is 1.44. The van der Waals surface area contributed by atoms with Gasteiger partial charge in [0.1, 0.15) is 0 Å². The van der Waals surface area contributed by atoms with Crippen molar-refractivity contribution in [1.29, 1.82) is 0 Å². The topological polar surface area (TPSA) is 87.5 Å². The predicted octanol–water partition coefficient (Wildman–Crippen LogP) is -0.787. The monoisotopic (exact) mass is 230 g/mol. The molecule has 0 aliphatic rings. The Morgan fingerprint density at radius 1 is 1.38 bits per heavy atom. The summed E-state index contributed by atoms with van der Waals surface area (Å²) in [6.07, 6.45) is 1.07. The lowest BCUT2D eigenvalue weighted by Crippen LogP contribution is -2.41. The molecule has 0 saturated heterocycles. The van der Waals surface area contributed by atoms with Crippen molar-refractivity contribution in [2.75, 3.05) is 20.1 Å². The minimum Gasteiger partial charge on any atom is -0.358 e. The molecule has 0 aromatic rings. The van der Waals surface area contributed by atoms with Gasteiger partial charge in [-0.1, -0.05) is 6.92 Å². The van der Waals surface area contributed by atoms with Gasteiger partial charge in [0.15, 0.2) is 0 Å². The Hall–Kier alpha value is -1.14. The summed E-state index contributed by atoms with van der Waals surface area (Å²) >= 11 is 0. The summed E-state index contributed by atoms with van der Waals surface area (Å²) in [5, 5.41) is 2.58. The van der Waals surface area contributed by atoms with Gasteiger partial charge in [-0.2, -0.15) is 0 Å². The molecule has 94 valence electrons. The summed E-state index contributed by atoms with van der Waals surface area (Å²) < 4.78 is 0. The highest BCUT2D eigenvalue weighted by molar-refractivity contribution is 5.77. The highest BCUT2D eigenvalue weighted by atomic mass is 16.2. The molecule has 1 atom stereocenters. The normalized spacial score (nSPS) is 12.3. The van der Waals surface area contributed by atoms with Crippen LogP contribution < -0.4 is 16.6 Å². The molecule has 0 aliphatic heterocycles. The summed E-state index contributed by atoms with van der Waals surface area (Å²) in [6, 6.07) is 0.180. The fourth-order valence-corrected chi connectivity index (χ4v) is 1.44. The summed E-state index contributed by atoms with van der Waals surface area (Å²) in [6.45, 7) is 5.12. The van der Waals surface area contributed by atoms with E-state index in [4.69, 9.17) is 5.84 Å². The van der Waals surface area contributed by atoms with Crippen molar-refractivity contribution in [3.63, 3.8) is 0 Å². The first kappa shape index (κ1) is 14.9. The molecule has 0 spiro atoms. The second-order valence-electron chi connectivity index (χ2n) is 3.69. The summed E-state index contributed by atoms with van der Waals surface area (Å²) in [4.78, 5) is 24.2. The minimum atomic E-state index is -0.178. The van der Waals surface area contributed by atoms with Crippen LogP contribution in [0, 0.1) is 0 Å². The van der Waals surface area contributed by atoms with Crippen LogP contribution in [0.1, 0.15) is 26.7 Å². The minimum absolute atomic E-state index is 0.0167.